The fourth-order valence-electron chi connectivity index (χ4n) is 2.20. The zero-order chi connectivity index (χ0) is 12.8. The molecule has 0 radical (unpaired) electrons. The molecule has 0 bridgehead atoms. The summed E-state index contributed by atoms with van der Waals surface area (Å²) in [4.78, 5) is 0. The summed E-state index contributed by atoms with van der Waals surface area (Å²) in [5, 5.41) is 12.3. The molecule has 2 rings (SSSR count). The Bertz CT molecular complexity index is 432. The molecule has 0 aromatic heterocycles. The first-order valence-electron chi connectivity index (χ1n) is 6.40. The molecule has 0 fully saturated rings. The lowest BCUT2D eigenvalue weighted by molar-refractivity contribution is 0.316. The van der Waals surface area contributed by atoms with Crippen LogP contribution in [0.3, 0.4) is 0 Å². The summed E-state index contributed by atoms with van der Waals surface area (Å²) in [5.74, 6) is 3.26. The maximum Gasteiger partial charge on any atom is 0.123 e. The Labute approximate surface area is 112 Å². The van der Waals surface area contributed by atoms with Crippen LogP contribution in [0.5, 0.6) is 5.75 Å². The topological polar surface area (TPSA) is 41.8 Å². The highest BCUT2D eigenvalue weighted by molar-refractivity contribution is 7.99. The highest BCUT2D eigenvalue weighted by atomic mass is 32.2. The van der Waals surface area contributed by atoms with Gasteiger partial charge in [0.05, 0.1) is 12.3 Å². The van der Waals surface area contributed by atoms with Crippen LogP contribution in [0.15, 0.2) is 23.4 Å². The van der Waals surface area contributed by atoms with E-state index in [9.17, 15) is 0 Å². The van der Waals surface area contributed by atoms with Crippen molar-refractivity contribution in [1.82, 2.24) is 0 Å². The van der Waals surface area contributed by atoms with Crippen LogP contribution in [0.4, 0.5) is 0 Å². The van der Waals surface area contributed by atoms with Crippen molar-refractivity contribution in [3.63, 3.8) is 0 Å². The molecule has 1 aromatic carbocycles. The molecule has 0 heterocycles. The Hall–Kier alpha value is -1.16. The molecule has 1 aliphatic rings. The number of nitrogens with zero attached hydrogens (tertiary/aromatic N) is 1. The molecule has 98 valence electrons. The molecule has 0 spiro atoms. The van der Waals surface area contributed by atoms with Crippen LogP contribution in [0.2, 0.25) is 0 Å². The Morgan fingerprint density at radius 3 is 3.06 bits per heavy atom. The van der Waals surface area contributed by atoms with Crippen LogP contribution >= 0.6 is 11.8 Å². The monoisotopic (exact) mass is 265 g/mol. The lowest BCUT2D eigenvalue weighted by atomic mass is 10.1. The van der Waals surface area contributed by atoms with Crippen molar-refractivity contribution in [3.8, 4) is 5.75 Å². The summed E-state index contributed by atoms with van der Waals surface area (Å²) in [5.41, 5.74) is 3.00. The van der Waals surface area contributed by atoms with E-state index in [2.05, 4.69) is 12.1 Å². The molecule has 0 atom stereocenters. The second-order valence-corrected chi connectivity index (χ2v) is 5.62. The number of hydrogen-bond donors (Lipinski definition) is 1. The molecule has 0 saturated carbocycles. The normalized spacial score (nSPS) is 15.9. The van der Waals surface area contributed by atoms with Crippen molar-refractivity contribution in [1.29, 1.82) is 0 Å². The third kappa shape index (κ3) is 2.99. The summed E-state index contributed by atoms with van der Waals surface area (Å²) in [7, 11) is 0. The number of hydrogen-bond acceptors (Lipinski definition) is 4. The average Bonchev–Trinajstić information content (AvgIpc) is 2.82. The average molecular weight is 265 g/mol. The minimum absolute atomic E-state index is 0.759. The van der Waals surface area contributed by atoms with Crippen molar-refractivity contribution in [3.05, 3.63) is 29.3 Å². The molecule has 1 aliphatic carbocycles. The lowest BCUT2D eigenvalue weighted by Crippen LogP contribution is -2.02. The van der Waals surface area contributed by atoms with Crippen molar-refractivity contribution < 1.29 is 9.94 Å². The third-order valence-electron chi connectivity index (χ3n) is 3.07. The van der Waals surface area contributed by atoms with Gasteiger partial charge in [0.2, 0.25) is 0 Å². The van der Waals surface area contributed by atoms with Gasteiger partial charge in [0.15, 0.2) is 0 Å². The van der Waals surface area contributed by atoms with Crippen LogP contribution in [0, 0.1) is 0 Å². The summed E-state index contributed by atoms with van der Waals surface area (Å²) < 4.78 is 5.84. The molecule has 0 unspecified atom stereocenters. The third-order valence-corrected chi connectivity index (χ3v) is 4.06. The van der Waals surface area contributed by atoms with Crippen molar-refractivity contribution in [2.24, 2.45) is 5.16 Å². The van der Waals surface area contributed by atoms with Gasteiger partial charge in [0, 0.05) is 11.1 Å². The molecule has 18 heavy (non-hydrogen) atoms. The number of benzene rings is 1. The Balaban J connectivity index is 1.96. The van der Waals surface area contributed by atoms with Crippen molar-refractivity contribution >= 4 is 17.5 Å². The molecule has 3 nitrogen and oxygen atoms in total. The SMILES string of the molecule is CCSCCCOc1cccc2c1CC/C2=N\O. The number of ether oxygens (including phenoxy) is 1. The quantitative estimate of drug-likeness (QED) is 0.487. The summed E-state index contributed by atoms with van der Waals surface area (Å²) in [6.07, 6.45) is 2.79. The van der Waals surface area contributed by atoms with Gasteiger partial charge >= 0.3 is 0 Å². The smallest absolute Gasteiger partial charge is 0.123 e. The van der Waals surface area contributed by atoms with Gasteiger partial charge in [0.1, 0.15) is 5.75 Å². The Morgan fingerprint density at radius 1 is 1.39 bits per heavy atom. The minimum atomic E-state index is 0.759. The van der Waals surface area contributed by atoms with E-state index in [1.54, 1.807) is 0 Å². The Kier molecular flexibility index (Phi) is 4.93. The van der Waals surface area contributed by atoms with Crippen LogP contribution < -0.4 is 4.74 Å². The van der Waals surface area contributed by atoms with Crippen molar-refractivity contribution in [2.45, 2.75) is 26.2 Å². The number of oxime groups is 1. The molecule has 1 aromatic rings. The van der Waals surface area contributed by atoms with Gasteiger partial charge in [0.25, 0.3) is 0 Å². The van der Waals surface area contributed by atoms with Gasteiger partial charge < -0.3 is 9.94 Å². The van der Waals surface area contributed by atoms with Gasteiger partial charge in [-0.25, -0.2) is 0 Å². The second kappa shape index (κ2) is 6.69. The summed E-state index contributed by atoms with van der Waals surface area (Å²) >= 11 is 1.94. The van der Waals surface area contributed by atoms with Gasteiger partial charge in [-0.1, -0.05) is 24.2 Å². The minimum Gasteiger partial charge on any atom is -0.493 e. The van der Waals surface area contributed by atoms with Crippen LogP contribution in [0.25, 0.3) is 0 Å². The van der Waals surface area contributed by atoms with E-state index in [0.29, 0.717) is 0 Å². The second-order valence-electron chi connectivity index (χ2n) is 4.23. The standard InChI is InChI=1S/C14H19NO2S/c1-2-18-10-4-9-17-14-6-3-5-11-12(14)7-8-13(11)15-16/h3,5-6,16H,2,4,7-10H2,1H3/b15-13+. The zero-order valence-corrected chi connectivity index (χ0v) is 11.5. The van der Waals surface area contributed by atoms with Gasteiger partial charge in [-0.2, -0.15) is 11.8 Å². The van der Waals surface area contributed by atoms with Crippen LogP contribution in [0.1, 0.15) is 30.9 Å². The van der Waals surface area contributed by atoms with Gasteiger partial charge in [-0.15, -0.1) is 0 Å². The predicted molar refractivity (Wildman–Crippen MR) is 76.2 cm³/mol. The number of rotatable bonds is 6. The molecule has 0 aliphatic heterocycles. The lowest BCUT2D eigenvalue weighted by Gasteiger charge is -2.10. The zero-order valence-electron chi connectivity index (χ0n) is 10.7. The predicted octanol–water partition coefficient (Wildman–Crippen LogP) is 3.33. The van der Waals surface area contributed by atoms with E-state index in [1.165, 1.54) is 5.56 Å². The van der Waals surface area contributed by atoms with Crippen LogP contribution in [-0.2, 0) is 6.42 Å². The van der Waals surface area contributed by atoms with Gasteiger partial charge in [-0.3, -0.25) is 0 Å². The summed E-state index contributed by atoms with van der Waals surface area (Å²) in [6.45, 7) is 2.93. The first-order chi connectivity index (χ1) is 8.86. The molecular weight excluding hydrogens is 246 g/mol. The van der Waals surface area contributed by atoms with E-state index in [-0.39, 0.29) is 0 Å². The van der Waals surface area contributed by atoms with E-state index < -0.39 is 0 Å². The first-order valence-corrected chi connectivity index (χ1v) is 7.56. The fourth-order valence-corrected chi connectivity index (χ4v) is 2.81. The van der Waals surface area contributed by atoms with Gasteiger partial charge in [-0.05, 0) is 36.8 Å². The van der Waals surface area contributed by atoms with E-state index >= 15 is 0 Å². The Morgan fingerprint density at radius 2 is 2.28 bits per heavy atom. The fraction of sp³-hybridized carbons (Fsp3) is 0.500. The van der Waals surface area contributed by atoms with E-state index in [1.807, 2.05) is 30.0 Å². The highest BCUT2D eigenvalue weighted by Gasteiger charge is 2.21. The van der Waals surface area contributed by atoms with Crippen LogP contribution in [-0.4, -0.2) is 29.0 Å². The largest absolute Gasteiger partial charge is 0.493 e. The highest BCUT2D eigenvalue weighted by Crippen LogP contribution is 2.31. The first kappa shape index (κ1) is 13.3. The molecule has 0 saturated heterocycles. The number of thioether (sulfide) groups is 1. The maximum absolute atomic E-state index is 8.92. The van der Waals surface area contributed by atoms with E-state index in [0.717, 1.165) is 54.4 Å². The number of fused-ring (bicyclic) bond motifs is 1. The summed E-state index contributed by atoms with van der Waals surface area (Å²) in [6, 6.07) is 5.97. The maximum atomic E-state index is 8.92. The molecule has 0 amide bonds. The molecule has 4 heteroatoms. The molecule has 1 N–H and O–H groups in total. The van der Waals surface area contributed by atoms with E-state index in [4.69, 9.17) is 9.94 Å². The molecular formula is C14H19NO2S. The van der Waals surface area contributed by atoms with Crippen molar-refractivity contribution in [2.75, 3.05) is 18.1 Å².